The van der Waals surface area contributed by atoms with E-state index in [0.717, 1.165) is 17.8 Å². The first-order chi connectivity index (χ1) is 3.72. The third-order valence-electron chi connectivity index (χ3n) is 2.87. The molecule has 1 fully saturated rings. The van der Waals surface area contributed by atoms with Gasteiger partial charge in [0.15, 0.2) is 0 Å². The molecule has 0 N–H and O–H groups in total. The maximum absolute atomic E-state index is 2.38. The van der Waals surface area contributed by atoms with Crippen molar-refractivity contribution in [3.63, 3.8) is 0 Å². The van der Waals surface area contributed by atoms with Crippen molar-refractivity contribution in [2.75, 3.05) is 0 Å². The highest BCUT2D eigenvalue weighted by Crippen LogP contribution is 2.35. The van der Waals surface area contributed by atoms with Gasteiger partial charge >= 0.3 is 0 Å². The second-order valence-corrected chi connectivity index (χ2v) is 3.39. The predicted octanol–water partition coefficient (Wildman–Crippen LogP) is 2.69. The quantitative estimate of drug-likeness (QED) is 0.452. The molecule has 0 aromatic rings. The summed E-state index contributed by atoms with van der Waals surface area (Å²) in [6.07, 6.45) is 2.92. The van der Waals surface area contributed by atoms with Crippen LogP contribution in [0.3, 0.4) is 0 Å². The lowest BCUT2D eigenvalue weighted by Gasteiger charge is -2.11. The number of hydrogen-bond acceptors (Lipinski definition) is 0. The topological polar surface area (TPSA) is 0 Å². The molecule has 1 saturated carbocycles. The van der Waals surface area contributed by atoms with Crippen LogP contribution in [-0.2, 0) is 0 Å². The van der Waals surface area contributed by atoms with Gasteiger partial charge in [-0.25, -0.2) is 0 Å². The fraction of sp³-hybridized carbons (Fsp3) is 1.00. The molecule has 0 nitrogen and oxygen atoms in total. The van der Waals surface area contributed by atoms with Crippen molar-refractivity contribution in [1.29, 1.82) is 0 Å². The van der Waals surface area contributed by atoms with Crippen molar-refractivity contribution in [3.05, 3.63) is 0 Å². The molecule has 0 aromatic heterocycles. The molecule has 0 bridgehead atoms. The minimum atomic E-state index is 0.981. The van der Waals surface area contributed by atoms with Crippen LogP contribution in [0.4, 0.5) is 0 Å². The Hall–Kier alpha value is 0. The summed E-state index contributed by atoms with van der Waals surface area (Å²) in [7, 11) is 0. The molecule has 0 aliphatic heterocycles. The molecule has 48 valence electrons. The van der Waals surface area contributed by atoms with Crippen molar-refractivity contribution < 1.29 is 0 Å². The van der Waals surface area contributed by atoms with Gasteiger partial charge in [-0.2, -0.15) is 0 Å². The van der Waals surface area contributed by atoms with E-state index >= 15 is 0 Å². The molecule has 8 heavy (non-hydrogen) atoms. The summed E-state index contributed by atoms with van der Waals surface area (Å²) in [5.41, 5.74) is 0. The smallest absolute Gasteiger partial charge is 0.0391 e. The van der Waals surface area contributed by atoms with Crippen LogP contribution in [0.2, 0.25) is 0 Å². The van der Waals surface area contributed by atoms with Crippen LogP contribution < -0.4 is 0 Å². The molecular formula is C8H16. The average molecular weight is 112 g/mol. The van der Waals surface area contributed by atoms with Crippen molar-refractivity contribution in [1.82, 2.24) is 0 Å². The summed E-state index contributed by atoms with van der Waals surface area (Å²) in [5.74, 6) is 2.96. The lowest BCUT2D eigenvalue weighted by atomic mass is 9.94. The Morgan fingerprint density at radius 1 is 0.875 bits per heavy atom. The molecule has 0 radical (unpaired) electrons. The summed E-state index contributed by atoms with van der Waals surface area (Å²) >= 11 is 0. The summed E-state index contributed by atoms with van der Waals surface area (Å²) in [6, 6.07) is 0. The van der Waals surface area contributed by atoms with Crippen molar-refractivity contribution in [2.45, 2.75) is 33.6 Å². The Bertz CT molecular complexity index is 66.1. The maximum atomic E-state index is 2.38. The van der Waals surface area contributed by atoms with Crippen LogP contribution in [0.15, 0.2) is 0 Å². The van der Waals surface area contributed by atoms with Crippen LogP contribution >= 0.6 is 0 Å². The zero-order chi connectivity index (χ0) is 6.15. The Kier molecular flexibility index (Phi) is 1.59. The highest BCUT2D eigenvalue weighted by molar-refractivity contribution is 4.75. The van der Waals surface area contributed by atoms with Gasteiger partial charge < -0.3 is 0 Å². The molecule has 0 saturated heterocycles. The largest absolute Gasteiger partial charge is 0.0622 e. The molecule has 1 rings (SSSR count). The van der Waals surface area contributed by atoms with Gasteiger partial charge in [-0.05, 0) is 17.8 Å². The zero-order valence-electron chi connectivity index (χ0n) is 6.15. The van der Waals surface area contributed by atoms with E-state index in [-0.39, 0.29) is 0 Å². The molecule has 0 unspecified atom stereocenters. The van der Waals surface area contributed by atoms with Gasteiger partial charge in [0.05, 0.1) is 0 Å². The Morgan fingerprint density at radius 3 is 1.38 bits per heavy atom. The summed E-state index contributed by atoms with van der Waals surface area (Å²) in [5, 5.41) is 0. The van der Waals surface area contributed by atoms with E-state index in [1.54, 1.807) is 0 Å². The fourth-order valence-corrected chi connectivity index (χ4v) is 1.61. The van der Waals surface area contributed by atoms with E-state index in [1.807, 2.05) is 0 Å². The Labute approximate surface area is 52.3 Å². The SMILES string of the molecule is C[C@H]1[C@H](C)CC[C@@H]1C. The van der Waals surface area contributed by atoms with Gasteiger partial charge in [-0.3, -0.25) is 0 Å². The molecule has 0 spiro atoms. The molecule has 0 heterocycles. The van der Waals surface area contributed by atoms with Gasteiger partial charge in [0.2, 0.25) is 0 Å². The first-order valence-electron chi connectivity index (χ1n) is 3.72. The predicted molar refractivity (Wildman–Crippen MR) is 36.7 cm³/mol. The van der Waals surface area contributed by atoms with Crippen LogP contribution in [-0.4, -0.2) is 0 Å². The van der Waals surface area contributed by atoms with Crippen molar-refractivity contribution >= 4 is 0 Å². The van der Waals surface area contributed by atoms with E-state index in [0.29, 0.717) is 0 Å². The van der Waals surface area contributed by atoms with Crippen molar-refractivity contribution in [3.8, 4) is 0 Å². The second-order valence-electron chi connectivity index (χ2n) is 3.39. The zero-order valence-corrected chi connectivity index (χ0v) is 6.15. The Balaban J connectivity index is 2.44. The average Bonchev–Trinajstić information content (AvgIpc) is 1.98. The van der Waals surface area contributed by atoms with Crippen LogP contribution in [0.25, 0.3) is 0 Å². The molecule has 3 atom stereocenters. The van der Waals surface area contributed by atoms with Crippen LogP contribution in [0, 0.1) is 17.8 Å². The second kappa shape index (κ2) is 2.08. The monoisotopic (exact) mass is 112 g/mol. The van der Waals surface area contributed by atoms with Gasteiger partial charge in [0, 0.05) is 0 Å². The van der Waals surface area contributed by atoms with Gasteiger partial charge in [0.25, 0.3) is 0 Å². The normalized spacial score (nSPS) is 47.6. The standard InChI is InChI=1S/C8H16/c1-6-4-5-7(2)8(6)3/h6-8H,4-5H2,1-3H3/t6-,7+,8+. The fourth-order valence-electron chi connectivity index (χ4n) is 1.61. The van der Waals surface area contributed by atoms with E-state index < -0.39 is 0 Å². The van der Waals surface area contributed by atoms with Gasteiger partial charge in [0.1, 0.15) is 0 Å². The summed E-state index contributed by atoms with van der Waals surface area (Å²) in [6.45, 7) is 7.12. The minimum Gasteiger partial charge on any atom is -0.0622 e. The van der Waals surface area contributed by atoms with E-state index in [1.165, 1.54) is 12.8 Å². The molecule has 0 heteroatoms. The number of rotatable bonds is 0. The lowest BCUT2D eigenvalue weighted by molar-refractivity contribution is 0.380. The lowest BCUT2D eigenvalue weighted by Crippen LogP contribution is -2.04. The summed E-state index contributed by atoms with van der Waals surface area (Å²) in [4.78, 5) is 0. The first-order valence-corrected chi connectivity index (χ1v) is 3.72. The van der Waals surface area contributed by atoms with E-state index in [9.17, 15) is 0 Å². The molecule has 1 aliphatic rings. The molecular weight excluding hydrogens is 96.1 g/mol. The number of hydrogen-bond donors (Lipinski definition) is 0. The molecule has 0 amide bonds. The first kappa shape index (κ1) is 6.12. The van der Waals surface area contributed by atoms with Crippen LogP contribution in [0.5, 0.6) is 0 Å². The van der Waals surface area contributed by atoms with E-state index in [4.69, 9.17) is 0 Å². The van der Waals surface area contributed by atoms with Gasteiger partial charge in [-0.15, -0.1) is 0 Å². The Morgan fingerprint density at radius 2 is 1.25 bits per heavy atom. The minimum absolute atomic E-state index is 0.981. The molecule has 0 aromatic carbocycles. The van der Waals surface area contributed by atoms with Crippen LogP contribution in [0.1, 0.15) is 33.6 Å². The van der Waals surface area contributed by atoms with Crippen molar-refractivity contribution in [2.24, 2.45) is 17.8 Å². The maximum Gasteiger partial charge on any atom is -0.0391 e. The van der Waals surface area contributed by atoms with Gasteiger partial charge in [-0.1, -0.05) is 33.6 Å². The highest BCUT2D eigenvalue weighted by Gasteiger charge is 2.25. The summed E-state index contributed by atoms with van der Waals surface area (Å²) < 4.78 is 0. The highest BCUT2D eigenvalue weighted by atomic mass is 14.3. The third-order valence-corrected chi connectivity index (χ3v) is 2.87. The van der Waals surface area contributed by atoms with E-state index in [2.05, 4.69) is 20.8 Å². The third kappa shape index (κ3) is 0.888. The molecule has 1 aliphatic carbocycles.